The summed E-state index contributed by atoms with van der Waals surface area (Å²) >= 11 is 0. The molecular formula is C14H16N4O5. The summed E-state index contributed by atoms with van der Waals surface area (Å²) in [7, 11) is 2.80. The van der Waals surface area contributed by atoms with Crippen LogP contribution in [-0.2, 0) is 4.79 Å². The normalized spacial score (nSPS) is 11.6. The second-order valence-electron chi connectivity index (χ2n) is 4.66. The average molecular weight is 320 g/mol. The van der Waals surface area contributed by atoms with E-state index in [1.165, 1.54) is 18.9 Å². The van der Waals surface area contributed by atoms with Crippen LogP contribution in [0.2, 0.25) is 0 Å². The van der Waals surface area contributed by atoms with Crippen LogP contribution in [0.25, 0.3) is 0 Å². The summed E-state index contributed by atoms with van der Waals surface area (Å²) in [5.41, 5.74) is 0.253. The zero-order chi connectivity index (χ0) is 17.0. The quantitative estimate of drug-likeness (QED) is 0.644. The lowest BCUT2D eigenvalue weighted by Gasteiger charge is -2.12. The Morgan fingerprint density at radius 2 is 2.13 bits per heavy atom. The molecule has 0 aliphatic rings. The van der Waals surface area contributed by atoms with Crippen molar-refractivity contribution >= 4 is 17.3 Å². The SMILES string of the molecule is COc1cccc(NC(=O)C(C)n2cc([N+](=O)[O-])c(OC)n2)c1. The molecule has 0 fully saturated rings. The summed E-state index contributed by atoms with van der Waals surface area (Å²) in [6.07, 6.45) is 1.16. The molecule has 9 heteroatoms. The molecule has 1 atom stereocenters. The largest absolute Gasteiger partial charge is 0.497 e. The molecule has 0 radical (unpaired) electrons. The van der Waals surface area contributed by atoms with Crippen LogP contribution < -0.4 is 14.8 Å². The number of nitrogens with one attached hydrogen (secondary N) is 1. The lowest BCUT2D eigenvalue weighted by atomic mass is 10.2. The number of amides is 1. The molecule has 0 saturated carbocycles. The second-order valence-corrected chi connectivity index (χ2v) is 4.66. The van der Waals surface area contributed by atoms with Crippen molar-refractivity contribution in [2.75, 3.05) is 19.5 Å². The van der Waals surface area contributed by atoms with Gasteiger partial charge in [-0.05, 0) is 19.1 Å². The first-order valence-electron chi connectivity index (χ1n) is 6.68. The molecule has 2 aromatic rings. The molecule has 0 saturated heterocycles. The van der Waals surface area contributed by atoms with Crippen molar-refractivity contribution < 1.29 is 19.2 Å². The highest BCUT2D eigenvalue weighted by Gasteiger charge is 2.25. The lowest BCUT2D eigenvalue weighted by Crippen LogP contribution is -2.24. The van der Waals surface area contributed by atoms with Crippen LogP contribution in [0.4, 0.5) is 11.4 Å². The van der Waals surface area contributed by atoms with Gasteiger partial charge < -0.3 is 14.8 Å². The van der Waals surface area contributed by atoms with Gasteiger partial charge in [0.05, 0.1) is 19.1 Å². The predicted octanol–water partition coefficient (Wildman–Crippen LogP) is 2.01. The first kappa shape index (κ1) is 16.3. The molecule has 2 rings (SSSR count). The molecule has 1 unspecified atom stereocenters. The van der Waals surface area contributed by atoms with Crippen molar-refractivity contribution in [2.24, 2.45) is 0 Å². The van der Waals surface area contributed by atoms with Gasteiger partial charge in [0, 0.05) is 11.8 Å². The molecule has 1 aromatic heterocycles. The number of ether oxygens (including phenoxy) is 2. The van der Waals surface area contributed by atoms with E-state index in [1.807, 2.05) is 0 Å². The van der Waals surface area contributed by atoms with Crippen molar-refractivity contribution in [1.82, 2.24) is 9.78 Å². The van der Waals surface area contributed by atoms with Crippen LogP contribution in [0.15, 0.2) is 30.5 Å². The number of carbonyl (C=O) groups is 1. The number of nitro groups is 1. The van der Waals surface area contributed by atoms with Crippen molar-refractivity contribution in [3.05, 3.63) is 40.6 Å². The predicted molar refractivity (Wildman–Crippen MR) is 81.8 cm³/mol. The number of benzene rings is 1. The highest BCUT2D eigenvalue weighted by atomic mass is 16.6. The Hall–Kier alpha value is -3.10. The zero-order valence-corrected chi connectivity index (χ0v) is 12.8. The third-order valence-electron chi connectivity index (χ3n) is 3.18. The maximum absolute atomic E-state index is 12.3. The van der Waals surface area contributed by atoms with Gasteiger partial charge in [0.25, 0.3) is 0 Å². The molecule has 122 valence electrons. The van der Waals surface area contributed by atoms with Crippen LogP contribution in [0.5, 0.6) is 11.6 Å². The Morgan fingerprint density at radius 3 is 2.70 bits per heavy atom. The van der Waals surface area contributed by atoms with Crippen LogP contribution in [0, 0.1) is 10.1 Å². The Kier molecular flexibility index (Phi) is 4.79. The summed E-state index contributed by atoms with van der Waals surface area (Å²) in [6.45, 7) is 1.58. The zero-order valence-electron chi connectivity index (χ0n) is 12.8. The van der Waals surface area contributed by atoms with Gasteiger partial charge in [0.1, 0.15) is 18.0 Å². The summed E-state index contributed by atoms with van der Waals surface area (Å²) in [6, 6.07) is 6.10. The number of hydrogen-bond acceptors (Lipinski definition) is 6. The van der Waals surface area contributed by atoms with Gasteiger partial charge in [0.2, 0.25) is 5.91 Å². The molecular weight excluding hydrogens is 304 g/mol. The van der Waals surface area contributed by atoms with Gasteiger partial charge in [-0.2, -0.15) is 0 Å². The van der Waals surface area contributed by atoms with E-state index < -0.39 is 11.0 Å². The molecule has 23 heavy (non-hydrogen) atoms. The number of carbonyl (C=O) groups excluding carboxylic acids is 1. The minimum Gasteiger partial charge on any atom is -0.497 e. The smallest absolute Gasteiger partial charge is 0.350 e. The van der Waals surface area contributed by atoms with Gasteiger partial charge >= 0.3 is 11.6 Å². The Labute approximate surface area is 132 Å². The molecule has 9 nitrogen and oxygen atoms in total. The summed E-state index contributed by atoms with van der Waals surface area (Å²) in [5.74, 6) is 0.0844. The fraction of sp³-hybridized carbons (Fsp3) is 0.286. The van der Waals surface area contributed by atoms with E-state index in [1.54, 1.807) is 31.2 Å². The molecule has 0 aliphatic heterocycles. The minimum absolute atomic E-state index is 0.143. The number of methoxy groups -OCH3 is 2. The van der Waals surface area contributed by atoms with Gasteiger partial charge in [-0.1, -0.05) is 6.07 Å². The van der Waals surface area contributed by atoms with Crippen molar-refractivity contribution in [2.45, 2.75) is 13.0 Å². The molecule has 0 aliphatic carbocycles. The van der Waals surface area contributed by atoms with E-state index >= 15 is 0 Å². The first-order chi connectivity index (χ1) is 11.0. The van der Waals surface area contributed by atoms with Gasteiger partial charge in [-0.25, -0.2) is 4.68 Å². The number of aromatic nitrogens is 2. The van der Waals surface area contributed by atoms with Crippen molar-refractivity contribution in [3.63, 3.8) is 0 Å². The number of anilines is 1. The van der Waals surface area contributed by atoms with Crippen molar-refractivity contribution in [1.29, 1.82) is 0 Å². The lowest BCUT2D eigenvalue weighted by molar-refractivity contribution is -0.385. The number of nitrogens with zero attached hydrogens (tertiary/aromatic N) is 3. The van der Waals surface area contributed by atoms with E-state index in [-0.39, 0.29) is 17.5 Å². The molecule has 1 heterocycles. The average Bonchev–Trinajstić information content (AvgIpc) is 2.98. The number of rotatable bonds is 6. The fourth-order valence-corrected chi connectivity index (χ4v) is 1.90. The van der Waals surface area contributed by atoms with E-state index in [2.05, 4.69) is 10.4 Å². The van der Waals surface area contributed by atoms with E-state index in [4.69, 9.17) is 9.47 Å². The molecule has 1 aromatic carbocycles. The Morgan fingerprint density at radius 1 is 1.39 bits per heavy atom. The first-order valence-corrected chi connectivity index (χ1v) is 6.68. The van der Waals surface area contributed by atoms with Gasteiger partial charge in [-0.3, -0.25) is 14.9 Å². The molecule has 0 bridgehead atoms. The summed E-state index contributed by atoms with van der Waals surface area (Å²) < 4.78 is 11.1. The Bertz CT molecular complexity index is 728. The van der Waals surface area contributed by atoms with Crippen molar-refractivity contribution in [3.8, 4) is 11.6 Å². The summed E-state index contributed by atoms with van der Waals surface area (Å²) in [4.78, 5) is 22.6. The van der Waals surface area contributed by atoms with E-state index in [0.717, 1.165) is 6.20 Å². The van der Waals surface area contributed by atoms with E-state index in [9.17, 15) is 14.9 Å². The maximum Gasteiger partial charge on any atom is 0.350 e. The van der Waals surface area contributed by atoms with Gasteiger partial charge in [0.15, 0.2) is 0 Å². The molecule has 0 spiro atoms. The third kappa shape index (κ3) is 3.57. The summed E-state index contributed by atoms with van der Waals surface area (Å²) in [5, 5.41) is 17.5. The van der Waals surface area contributed by atoms with E-state index in [0.29, 0.717) is 11.4 Å². The topological polar surface area (TPSA) is 109 Å². The van der Waals surface area contributed by atoms with Crippen LogP contribution in [0.3, 0.4) is 0 Å². The monoisotopic (exact) mass is 320 g/mol. The molecule has 1 N–H and O–H groups in total. The van der Waals surface area contributed by atoms with Crippen LogP contribution >= 0.6 is 0 Å². The Balaban J connectivity index is 2.17. The number of hydrogen-bond donors (Lipinski definition) is 1. The van der Waals surface area contributed by atoms with Gasteiger partial charge in [-0.15, -0.1) is 5.10 Å². The second kappa shape index (κ2) is 6.77. The van der Waals surface area contributed by atoms with Crippen LogP contribution in [-0.4, -0.2) is 34.8 Å². The third-order valence-corrected chi connectivity index (χ3v) is 3.18. The van der Waals surface area contributed by atoms with Crippen LogP contribution in [0.1, 0.15) is 13.0 Å². The maximum atomic E-state index is 12.3. The molecule has 1 amide bonds. The highest BCUT2D eigenvalue weighted by molar-refractivity contribution is 5.93. The minimum atomic E-state index is -0.760. The standard InChI is InChI=1S/C14H16N4O5/c1-9(17-8-12(18(20)21)14(16-17)23-3)13(19)15-10-5-4-6-11(7-10)22-2/h4-9H,1-3H3,(H,15,19). The highest BCUT2D eigenvalue weighted by Crippen LogP contribution is 2.26. The fourth-order valence-electron chi connectivity index (χ4n) is 1.90.